The molecule has 2 amide bonds. The number of benzene rings is 2. The maximum absolute atomic E-state index is 12.3. The van der Waals surface area contributed by atoms with E-state index < -0.39 is 0 Å². The normalized spacial score (nSPS) is 10.6. The van der Waals surface area contributed by atoms with E-state index >= 15 is 0 Å². The first-order valence-electron chi connectivity index (χ1n) is 8.55. The molecule has 0 spiro atoms. The van der Waals surface area contributed by atoms with Crippen LogP contribution >= 0.6 is 0 Å². The van der Waals surface area contributed by atoms with Gasteiger partial charge in [0, 0.05) is 11.4 Å². The second-order valence-corrected chi connectivity index (χ2v) is 6.73. The minimum Gasteiger partial charge on any atom is -0.325 e. The summed E-state index contributed by atoms with van der Waals surface area (Å²) in [5, 5.41) is 5.75. The topological polar surface area (TPSA) is 58.2 Å². The minimum atomic E-state index is -0.311. The van der Waals surface area contributed by atoms with Gasteiger partial charge in [-0.05, 0) is 48.9 Å². The van der Waals surface area contributed by atoms with E-state index in [4.69, 9.17) is 0 Å². The van der Waals surface area contributed by atoms with Gasteiger partial charge in [0.25, 0.3) is 0 Å². The summed E-state index contributed by atoms with van der Waals surface area (Å²) >= 11 is 0. The van der Waals surface area contributed by atoms with Crippen molar-refractivity contribution in [3.05, 3.63) is 58.7 Å². The van der Waals surface area contributed by atoms with Crippen LogP contribution in [0.4, 0.5) is 11.4 Å². The highest BCUT2D eigenvalue weighted by molar-refractivity contribution is 6.08. The van der Waals surface area contributed by atoms with Crippen LogP contribution in [0, 0.1) is 20.8 Å². The van der Waals surface area contributed by atoms with Crippen LogP contribution in [-0.4, -0.2) is 11.8 Å². The number of nitrogens with one attached hydrogen (secondary N) is 2. The van der Waals surface area contributed by atoms with E-state index in [1.165, 1.54) is 0 Å². The molecule has 0 aliphatic heterocycles. The van der Waals surface area contributed by atoms with Crippen molar-refractivity contribution in [2.75, 3.05) is 10.6 Å². The molecule has 25 heavy (non-hydrogen) atoms. The van der Waals surface area contributed by atoms with Crippen LogP contribution < -0.4 is 10.6 Å². The number of aryl methyl sites for hydroxylation is 3. The summed E-state index contributed by atoms with van der Waals surface area (Å²) in [6, 6.07) is 11.8. The lowest BCUT2D eigenvalue weighted by atomic mass is 9.98. The van der Waals surface area contributed by atoms with E-state index in [0.29, 0.717) is 5.92 Å². The monoisotopic (exact) mass is 338 g/mol. The van der Waals surface area contributed by atoms with Crippen molar-refractivity contribution >= 4 is 23.2 Å². The van der Waals surface area contributed by atoms with Crippen LogP contribution in [0.25, 0.3) is 0 Å². The average Bonchev–Trinajstić information content (AvgIpc) is 2.52. The molecule has 0 aliphatic carbocycles. The fourth-order valence-electron chi connectivity index (χ4n) is 2.87. The van der Waals surface area contributed by atoms with Crippen molar-refractivity contribution < 1.29 is 9.59 Å². The number of carbonyl (C=O) groups is 2. The summed E-state index contributed by atoms with van der Waals surface area (Å²) in [6.45, 7) is 9.99. The third-order valence-corrected chi connectivity index (χ3v) is 4.26. The van der Waals surface area contributed by atoms with E-state index in [9.17, 15) is 9.59 Å². The van der Waals surface area contributed by atoms with Gasteiger partial charge in [0.1, 0.15) is 6.42 Å². The fraction of sp³-hybridized carbons (Fsp3) is 0.333. The molecule has 0 fully saturated rings. The maximum atomic E-state index is 12.3. The highest BCUT2D eigenvalue weighted by Crippen LogP contribution is 2.27. The molecule has 132 valence electrons. The first kappa shape index (κ1) is 18.7. The van der Waals surface area contributed by atoms with Crippen molar-refractivity contribution in [1.29, 1.82) is 0 Å². The Labute approximate surface area is 149 Å². The predicted molar refractivity (Wildman–Crippen MR) is 103 cm³/mol. The standard InChI is InChI=1S/C21H26N2O2/c1-13(2)17-11-7-10-16(5)21(17)23-19(25)12-18(24)22-20-14(3)8-6-9-15(20)4/h6-11,13H,12H2,1-5H3,(H,22,24)(H,23,25). The second kappa shape index (κ2) is 7.97. The molecule has 0 atom stereocenters. The van der Waals surface area contributed by atoms with Crippen molar-refractivity contribution in [3.63, 3.8) is 0 Å². The van der Waals surface area contributed by atoms with Crippen LogP contribution in [0.1, 0.15) is 48.4 Å². The summed E-state index contributed by atoms with van der Waals surface area (Å²) in [4.78, 5) is 24.6. The molecule has 0 radical (unpaired) electrons. The van der Waals surface area contributed by atoms with Crippen LogP contribution in [0.3, 0.4) is 0 Å². The lowest BCUT2D eigenvalue weighted by Crippen LogP contribution is -2.23. The molecule has 2 aromatic carbocycles. The third-order valence-electron chi connectivity index (χ3n) is 4.26. The predicted octanol–water partition coefficient (Wildman–Crippen LogP) is 4.70. The number of anilines is 2. The first-order valence-corrected chi connectivity index (χ1v) is 8.55. The number of hydrogen-bond donors (Lipinski definition) is 2. The molecule has 2 aromatic rings. The van der Waals surface area contributed by atoms with Gasteiger partial charge in [-0.15, -0.1) is 0 Å². The lowest BCUT2D eigenvalue weighted by molar-refractivity contribution is -0.123. The van der Waals surface area contributed by atoms with Gasteiger partial charge in [-0.2, -0.15) is 0 Å². The lowest BCUT2D eigenvalue weighted by Gasteiger charge is -2.16. The smallest absolute Gasteiger partial charge is 0.233 e. The number of para-hydroxylation sites is 2. The Morgan fingerprint density at radius 3 is 1.76 bits per heavy atom. The Morgan fingerprint density at radius 2 is 1.24 bits per heavy atom. The van der Waals surface area contributed by atoms with Crippen LogP contribution in [-0.2, 0) is 9.59 Å². The van der Waals surface area contributed by atoms with Crippen molar-refractivity contribution in [2.24, 2.45) is 0 Å². The fourth-order valence-corrected chi connectivity index (χ4v) is 2.87. The first-order chi connectivity index (χ1) is 11.8. The van der Waals surface area contributed by atoms with Gasteiger partial charge >= 0.3 is 0 Å². The molecule has 0 bridgehead atoms. The summed E-state index contributed by atoms with van der Waals surface area (Å²) in [7, 11) is 0. The molecule has 0 heterocycles. The zero-order chi connectivity index (χ0) is 18.6. The molecular weight excluding hydrogens is 312 g/mol. The van der Waals surface area contributed by atoms with Gasteiger partial charge in [0.05, 0.1) is 0 Å². The Balaban J connectivity index is 2.07. The van der Waals surface area contributed by atoms with E-state index in [2.05, 4.69) is 24.5 Å². The highest BCUT2D eigenvalue weighted by Gasteiger charge is 2.15. The zero-order valence-corrected chi connectivity index (χ0v) is 15.6. The van der Waals surface area contributed by atoms with Gasteiger partial charge in [-0.25, -0.2) is 0 Å². The van der Waals surface area contributed by atoms with E-state index in [1.807, 2.05) is 57.2 Å². The Hall–Kier alpha value is -2.62. The Kier molecular flexibility index (Phi) is 5.97. The summed E-state index contributed by atoms with van der Waals surface area (Å²) < 4.78 is 0. The second-order valence-electron chi connectivity index (χ2n) is 6.73. The average molecular weight is 338 g/mol. The Morgan fingerprint density at radius 1 is 0.800 bits per heavy atom. The van der Waals surface area contributed by atoms with Gasteiger partial charge in [-0.1, -0.05) is 50.2 Å². The number of carbonyl (C=O) groups excluding carboxylic acids is 2. The molecule has 4 nitrogen and oxygen atoms in total. The molecule has 2 N–H and O–H groups in total. The number of amides is 2. The van der Waals surface area contributed by atoms with Gasteiger partial charge in [0.15, 0.2) is 0 Å². The van der Waals surface area contributed by atoms with Gasteiger partial charge in [-0.3, -0.25) is 9.59 Å². The van der Waals surface area contributed by atoms with Crippen molar-refractivity contribution in [3.8, 4) is 0 Å². The molecule has 0 unspecified atom stereocenters. The SMILES string of the molecule is Cc1cccc(C)c1NC(=O)CC(=O)Nc1c(C)cccc1C(C)C. The van der Waals surface area contributed by atoms with Gasteiger partial charge in [0.2, 0.25) is 11.8 Å². The molecule has 0 aliphatic rings. The van der Waals surface area contributed by atoms with E-state index in [-0.39, 0.29) is 18.2 Å². The minimum absolute atomic E-state index is 0.209. The quantitative estimate of drug-likeness (QED) is 0.776. The Bertz CT molecular complexity index is 774. The number of hydrogen-bond acceptors (Lipinski definition) is 2. The molecule has 0 saturated carbocycles. The summed E-state index contributed by atoms with van der Waals surface area (Å²) in [5.41, 5.74) is 5.61. The maximum Gasteiger partial charge on any atom is 0.233 e. The van der Waals surface area contributed by atoms with Crippen LogP contribution in [0.15, 0.2) is 36.4 Å². The van der Waals surface area contributed by atoms with Crippen LogP contribution in [0.5, 0.6) is 0 Å². The molecule has 0 aromatic heterocycles. The largest absolute Gasteiger partial charge is 0.325 e. The molecular formula is C21H26N2O2. The summed E-state index contributed by atoms with van der Waals surface area (Å²) in [5.74, 6) is -0.326. The van der Waals surface area contributed by atoms with Gasteiger partial charge < -0.3 is 10.6 Å². The van der Waals surface area contributed by atoms with E-state index in [1.54, 1.807) is 0 Å². The van der Waals surface area contributed by atoms with Crippen molar-refractivity contribution in [1.82, 2.24) is 0 Å². The zero-order valence-electron chi connectivity index (χ0n) is 15.6. The van der Waals surface area contributed by atoms with E-state index in [0.717, 1.165) is 33.6 Å². The molecule has 2 rings (SSSR count). The number of rotatable bonds is 5. The summed E-state index contributed by atoms with van der Waals surface area (Å²) in [6.07, 6.45) is -0.209. The molecule has 4 heteroatoms. The van der Waals surface area contributed by atoms with Crippen LogP contribution in [0.2, 0.25) is 0 Å². The highest BCUT2D eigenvalue weighted by atomic mass is 16.2. The molecule has 0 saturated heterocycles. The third kappa shape index (κ3) is 4.69. The van der Waals surface area contributed by atoms with Crippen molar-refractivity contribution in [2.45, 2.75) is 47.0 Å².